The van der Waals surface area contributed by atoms with Crippen molar-refractivity contribution < 1.29 is 27.7 Å². The third-order valence-electron chi connectivity index (χ3n) is 3.39. The molecule has 0 bridgehead atoms. The number of nitrogens with two attached hydrogens (primary N) is 1. The molecule has 0 aliphatic heterocycles. The summed E-state index contributed by atoms with van der Waals surface area (Å²) in [5.41, 5.74) is 5.30. The van der Waals surface area contributed by atoms with Gasteiger partial charge in [0.2, 0.25) is 0 Å². The van der Waals surface area contributed by atoms with Gasteiger partial charge < -0.3 is 24.7 Å². The third-order valence-corrected chi connectivity index (χ3v) is 3.39. The van der Waals surface area contributed by atoms with Gasteiger partial charge in [-0.1, -0.05) is 6.58 Å². The summed E-state index contributed by atoms with van der Waals surface area (Å²) in [5, 5.41) is 0. The van der Waals surface area contributed by atoms with Crippen molar-refractivity contribution in [1.29, 1.82) is 0 Å². The van der Waals surface area contributed by atoms with Gasteiger partial charge in [-0.25, -0.2) is 8.78 Å². The molecule has 0 spiro atoms. The Bertz CT molecular complexity index is 514. The van der Waals surface area contributed by atoms with E-state index < -0.39 is 11.6 Å². The molecule has 1 aromatic carbocycles. The topological polar surface area (TPSA) is 62.9 Å². The minimum absolute atomic E-state index is 0.0372. The van der Waals surface area contributed by atoms with Crippen LogP contribution in [0.15, 0.2) is 30.5 Å². The van der Waals surface area contributed by atoms with Gasteiger partial charge in [-0.2, -0.15) is 0 Å². The number of unbranched alkanes of at least 4 members (excludes halogenated alkanes) is 2. The molecule has 0 fully saturated rings. The summed E-state index contributed by atoms with van der Waals surface area (Å²) in [6.45, 7) is 7.76. The van der Waals surface area contributed by atoms with Crippen molar-refractivity contribution >= 4 is 0 Å². The van der Waals surface area contributed by atoms with E-state index in [-0.39, 0.29) is 5.75 Å². The summed E-state index contributed by atoms with van der Waals surface area (Å²) in [6, 6.07) is 3.15. The van der Waals surface area contributed by atoms with Crippen LogP contribution in [0.25, 0.3) is 0 Å². The zero-order chi connectivity index (χ0) is 19.0. The van der Waals surface area contributed by atoms with Crippen molar-refractivity contribution in [1.82, 2.24) is 0 Å². The van der Waals surface area contributed by atoms with Gasteiger partial charge in [0.05, 0.1) is 32.2 Å². The van der Waals surface area contributed by atoms with E-state index >= 15 is 0 Å². The number of ether oxygens (including phenoxy) is 4. The number of halogens is 2. The molecule has 0 unspecified atom stereocenters. The molecule has 0 saturated carbocycles. The molecule has 0 atom stereocenters. The van der Waals surface area contributed by atoms with Crippen LogP contribution in [-0.4, -0.2) is 46.2 Å². The smallest absolute Gasteiger partial charge is 0.168 e. The first-order valence-electron chi connectivity index (χ1n) is 8.87. The average Bonchev–Trinajstić information content (AvgIpc) is 2.61. The van der Waals surface area contributed by atoms with E-state index in [1.54, 1.807) is 0 Å². The SMILES string of the molecule is C=C(CCOCCCCCOCCOCCN)Oc1ccc(F)cc1F. The lowest BCUT2D eigenvalue weighted by atomic mass is 10.2. The third kappa shape index (κ3) is 11.1. The molecule has 1 rings (SSSR count). The highest BCUT2D eigenvalue weighted by atomic mass is 19.1. The Morgan fingerprint density at radius 3 is 2.19 bits per heavy atom. The minimum Gasteiger partial charge on any atom is -0.459 e. The van der Waals surface area contributed by atoms with Crippen LogP contribution in [0.2, 0.25) is 0 Å². The van der Waals surface area contributed by atoms with Crippen LogP contribution >= 0.6 is 0 Å². The van der Waals surface area contributed by atoms with E-state index in [2.05, 4.69) is 6.58 Å². The fourth-order valence-corrected chi connectivity index (χ4v) is 2.04. The molecule has 0 aliphatic carbocycles. The van der Waals surface area contributed by atoms with Gasteiger partial charge in [0, 0.05) is 32.2 Å². The standard InChI is InChI=1S/C19H29F2NO4/c1-16(26-19-6-5-17(20)15-18(19)21)7-11-23-9-3-2-4-10-24-13-14-25-12-8-22/h5-6,15H,1-4,7-14,22H2. The number of hydrogen-bond donors (Lipinski definition) is 1. The zero-order valence-corrected chi connectivity index (χ0v) is 15.2. The van der Waals surface area contributed by atoms with E-state index in [1.807, 2.05) is 0 Å². The van der Waals surface area contributed by atoms with Crippen molar-refractivity contribution in [3.05, 3.63) is 42.2 Å². The minimum atomic E-state index is -0.750. The predicted molar refractivity (Wildman–Crippen MR) is 96.1 cm³/mol. The average molecular weight is 373 g/mol. The second-order valence-corrected chi connectivity index (χ2v) is 5.65. The van der Waals surface area contributed by atoms with E-state index in [0.717, 1.165) is 31.4 Å². The lowest BCUT2D eigenvalue weighted by Gasteiger charge is -2.10. The van der Waals surface area contributed by atoms with Gasteiger partial charge in [-0.05, 0) is 31.4 Å². The summed E-state index contributed by atoms with van der Waals surface area (Å²) < 4.78 is 47.6. The Balaban J connectivity index is 1.92. The number of hydrogen-bond acceptors (Lipinski definition) is 5. The van der Waals surface area contributed by atoms with Crippen molar-refractivity contribution in [2.45, 2.75) is 25.7 Å². The Morgan fingerprint density at radius 2 is 1.54 bits per heavy atom. The molecular formula is C19H29F2NO4. The van der Waals surface area contributed by atoms with Gasteiger partial charge in [-0.15, -0.1) is 0 Å². The highest BCUT2D eigenvalue weighted by Crippen LogP contribution is 2.20. The van der Waals surface area contributed by atoms with Crippen LogP contribution < -0.4 is 10.5 Å². The summed E-state index contributed by atoms with van der Waals surface area (Å²) in [6.07, 6.45) is 3.37. The lowest BCUT2D eigenvalue weighted by Crippen LogP contribution is -2.12. The maximum absolute atomic E-state index is 13.4. The molecule has 0 aliphatic rings. The first kappa shape index (κ1) is 22.5. The molecule has 0 radical (unpaired) electrons. The molecule has 2 N–H and O–H groups in total. The van der Waals surface area contributed by atoms with Crippen molar-refractivity contribution in [3.63, 3.8) is 0 Å². The molecule has 5 nitrogen and oxygen atoms in total. The molecule has 1 aromatic rings. The molecule has 0 heterocycles. The number of rotatable bonds is 16. The maximum atomic E-state index is 13.4. The van der Waals surface area contributed by atoms with Gasteiger partial charge in [0.25, 0.3) is 0 Å². The van der Waals surface area contributed by atoms with Crippen LogP contribution in [0.1, 0.15) is 25.7 Å². The van der Waals surface area contributed by atoms with E-state index in [4.69, 9.17) is 24.7 Å². The Morgan fingerprint density at radius 1 is 0.885 bits per heavy atom. The molecular weight excluding hydrogens is 344 g/mol. The summed E-state index contributed by atoms with van der Waals surface area (Å²) in [5.74, 6) is -1.06. The molecule has 26 heavy (non-hydrogen) atoms. The van der Waals surface area contributed by atoms with Crippen molar-refractivity contribution in [3.8, 4) is 5.75 Å². The summed E-state index contributed by atoms with van der Waals surface area (Å²) in [7, 11) is 0. The predicted octanol–water partition coefficient (Wildman–Crippen LogP) is 3.43. The monoisotopic (exact) mass is 373 g/mol. The highest BCUT2D eigenvalue weighted by Gasteiger charge is 2.06. The summed E-state index contributed by atoms with van der Waals surface area (Å²) in [4.78, 5) is 0. The molecule has 148 valence electrons. The first-order valence-corrected chi connectivity index (χ1v) is 8.87. The fourth-order valence-electron chi connectivity index (χ4n) is 2.04. The Labute approximate surface area is 154 Å². The first-order chi connectivity index (χ1) is 12.6. The molecule has 0 saturated heterocycles. The molecule has 7 heteroatoms. The lowest BCUT2D eigenvalue weighted by molar-refractivity contribution is 0.0482. The van der Waals surface area contributed by atoms with Crippen molar-refractivity contribution in [2.24, 2.45) is 5.73 Å². The van der Waals surface area contributed by atoms with Gasteiger partial charge >= 0.3 is 0 Å². The van der Waals surface area contributed by atoms with E-state index in [9.17, 15) is 8.78 Å². The van der Waals surface area contributed by atoms with Crippen LogP contribution in [0.3, 0.4) is 0 Å². The van der Waals surface area contributed by atoms with Gasteiger partial charge in [-0.3, -0.25) is 0 Å². The van der Waals surface area contributed by atoms with Crippen molar-refractivity contribution in [2.75, 3.05) is 46.2 Å². The van der Waals surface area contributed by atoms with Crippen LogP contribution in [-0.2, 0) is 14.2 Å². The Kier molecular flexibility index (Phi) is 12.6. The zero-order valence-electron chi connectivity index (χ0n) is 15.2. The quantitative estimate of drug-likeness (QED) is 0.355. The van der Waals surface area contributed by atoms with Crippen LogP contribution in [0.5, 0.6) is 5.75 Å². The maximum Gasteiger partial charge on any atom is 0.168 e. The van der Waals surface area contributed by atoms with Gasteiger partial charge in [0.15, 0.2) is 11.6 Å². The van der Waals surface area contributed by atoms with E-state index in [1.165, 1.54) is 6.07 Å². The van der Waals surface area contributed by atoms with Gasteiger partial charge in [0.1, 0.15) is 5.82 Å². The number of benzene rings is 1. The Hall–Kier alpha value is -1.54. The van der Waals surface area contributed by atoms with Crippen LogP contribution in [0, 0.1) is 11.6 Å². The van der Waals surface area contributed by atoms with Crippen LogP contribution in [0.4, 0.5) is 8.78 Å². The normalized spacial score (nSPS) is 10.9. The summed E-state index contributed by atoms with van der Waals surface area (Å²) >= 11 is 0. The molecule has 0 amide bonds. The largest absolute Gasteiger partial charge is 0.459 e. The second kappa shape index (κ2) is 14.6. The molecule has 0 aromatic heterocycles. The van der Waals surface area contributed by atoms with E-state index in [0.29, 0.717) is 58.4 Å². The second-order valence-electron chi connectivity index (χ2n) is 5.65. The fraction of sp³-hybridized carbons (Fsp3) is 0.579. The highest BCUT2D eigenvalue weighted by molar-refractivity contribution is 5.26.